The Bertz CT molecular complexity index is 324. The Morgan fingerprint density at radius 3 is 2.79 bits per heavy atom. The minimum atomic E-state index is -0.320. The summed E-state index contributed by atoms with van der Waals surface area (Å²) in [7, 11) is 0. The smallest absolute Gasteiger partial charge is 0.265 e. The quantitative estimate of drug-likeness (QED) is 0.430. The van der Waals surface area contributed by atoms with Gasteiger partial charge >= 0.3 is 0 Å². The zero-order valence-corrected chi connectivity index (χ0v) is 8.28. The summed E-state index contributed by atoms with van der Waals surface area (Å²) in [5.41, 5.74) is 2.56. The van der Waals surface area contributed by atoms with Gasteiger partial charge in [0, 0.05) is 5.56 Å². The lowest BCUT2D eigenvalue weighted by Crippen LogP contribution is -2.29. The van der Waals surface area contributed by atoms with Crippen molar-refractivity contribution >= 4 is 5.91 Å². The number of benzene rings is 1. The number of nitrogen functional groups attached to an aromatic ring is 1. The van der Waals surface area contributed by atoms with E-state index in [-0.39, 0.29) is 12.0 Å². The van der Waals surface area contributed by atoms with Crippen molar-refractivity contribution in [2.45, 2.75) is 20.0 Å². The first-order valence-electron chi connectivity index (χ1n) is 4.41. The zero-order valence-electron chi connectivity index (χ0n) is 8.28. The van der Waals surface area contributed by atoms with Crippen LogP contribution in [0.4, 0.5) is 0 Å². The first-order valence-corrected chi connectivity index (χ1v) is 4.41. The zero-order chi connectivity index (χ0) is 10.6. The lowest BCUT2D eigenvalue weighted by Gasteiger charge is -2.10. The van der Waals surface area contributed by atoms with Gasteiger partial charge in [-0.1, -0.05) is 6.07 Å². The number of amides is 1. The van der Waals surface area contributed by atoms with Crippen LogP contribution in [0.1, 0.15) is 24.2 Å². The molecule has 1 rings (SSSR count). The number of nitrogens with two attached hydrogens (primary N) is 1. The number of hydrazine groups is 1. The van der Waals surface area contributed by atoms with Gasteiger partial charge in [0.25, 0.3) is 5.91 Å². The van der Waals surface area contributed by atoms with E-state index >= 15 is 0 Å². The molecule has 0 aromatic heterocycles. The van der Waals surface area contributed by atoms with Gasteiger partial charge in [-0.25, -0.2) is 5.84 Å². The SMILES string of the molecule is CC(C)Oc1cccc(C(=O)NN)c1. The van der Waals surface area contributed by atoms with Crippen LogP contribution in [0, 0.1) is 0 Å². The standard InChI is InChI=1S/C10H14N2O2/c1-7(2)14-9-5-3-4-8(6-9)10(13)12-11/h3-7H,11H2,1-2H3,(H,12,13). The Morgan fingerprint density at radius 2 is 2.21 bits per heavy atom. The first-order chi connectivity index (χ1) is 6.63. The maximum atomic E-state index is 11.2. The molecule has 3 N–H and O–H groups in total. The highest BCUT2D eigenvalue weighted by Gasteiger charge is 2.04. The number of carbonyl (C=O) groups excluding carboxylic acids is 1. The number of hydrogen-bond donors (Lipinski definition) is 2. The summed E-state index contributed by atoms with van der Waals surface area (Å²) in [5.74, 6) is 5.36. The van der Waals surface area contributed by atoms with Crippen LogP contribution in [-0.4, -0.2) is 12.0 Å². The van der Waals surface area contributed by atoms with E-state index in [2.05, 4.69) is 5.43 Å². The number of hydrogen-bond acceptors (Lipinski definition) is 3. The summed E-state index contributed by atoms with van der Waals surface area (Å²) in [6, 6.07) is 6.88. The Balaban J connectivity index is 2.84. The van der Waals surface area contributed by atoms with E-state index in [4.69, 9.17) is 10.6 Å². The van der Waals surface area contributed by atoms with Crippen LogP contribution in [0.2, 0.25) is 0 Å². The van der Waals surface area contributed by atoms with Gasteiger partial charge in [0.1, 0.15) is 5.75 Å². The molecule has 0 atom stereocenters. The van der Waals surface area contributed by atoms with Crippen molar-refractivity contribution in [2.75, 3.05) is 0 Å². The molecule has 1 amide bonds. The minimum absolute atomic E-state index is 0.0891. The van der Waals surface area contributed by atoms with E-state index < -0.39 is 0 Å². The van der Waals surface area contributed by atoms with Crippen LogP contribution in [-0.2, 0) is 0 Å². The molecule has 0 aliphatic carbocycles. The third-order valence-corrected chi connectivity index (χ3v) is 1.60. The van der Waals surface area contributed by atoms with Gasteiger partial charge in [0.2, 0.25) is 0 Å². The number of rotatable bonds is 3. The largest absolute Gasteiger partial charge is 0.491 e. The van der Waals surface area contributed by atoms with Gasteiger partial charge in [-0.05, 0) is 32.0 Å². The van der Waals surface area contributed by atoms with E-state index in [0.29, 0.717) is 11.3 Å². The van der Waals surface area contributed by atoms with Crippen molar-refractivity contribution in [1.82, 2.24) is 5.43 Å². The second kappa shape index (κ2) is 4.62. The summed E-state index contributed by atoms with van der Waals surface area (Å²) in [6.45, 7) is 3.85. The van der Waals surface area contributed by atoms with Gasteiger partial charge in [-0.2, -0.15) is 0 Å². The predicted molar refractivity (Wildman–Crippen MR) is 53.9 cm³/mol. The van der Waals surface area contributed by atoms with E-state index in [9.17, 15) is 4.79 Å². The molecule has 76 valence electrons. The molecule has 0 saturated carbocycles. The monoisotopic (exact) mass is 194 g/mol. The molecule has 1 aromatic carbocycles. The fourth-order valence-electron chi connectivity index (χ4n) is 1.07. The molecular formula is C10H14N2O2. The molecule has 0 radical (unpaired) electrons. The molecule has 0 saturated heterocycles. The van der Waals surface area contributed by atoms with Gasteiger partial charge in [-0.15, -0.1) is 0 Å². The van der Waals surface area contributed by atoms with E-state index in [1.165, 1.54) is 0 Å². The fraction of sp³-hybridized carbons (Fsp3) is 0.300. The molecule has 0 aliphatic rings. The van der Waals surface area contributed by atoms with E-state index in [1.54, 1.807) is 24.3 Å². The summed E-state index contributed by atoms with van der Waals surface area (Å²) in [4.78, 5) is 11.2. The van der Waals surface area contributed by atoms with Crippen molar-refractivity contribution in [3.8, 4) is 5.75 Å². The summed E-state index contributed by atoms with van der Waals surface area (Å²) >= 11 is 0. The van der Waals surface area contributed by atoms with Gasteiger partial charge in [-0.3, -0.25) is 10.2 Å². The van der Waals surface area contributed by atoms with Crippen molar-refractivity contribution in [3.63, 3.8) is 0 Å². The molecule has 1 aromatic rings. The molecule has 0 heterocycles. The Kier molecular flexibility index (Phi) is 3.48. The van der Waals surface area contributed by atoms with Crippen molar-refractivity contribution in [3.05, 3.63) is 29.8 Å². The topological polar surface area (TPSA) is 64.3 Å². The molecule has 4 heteroatoms. The lowest BCUT2D eigenvalue weighted by molar-refractivity contribution is 0.0953. The molecule has 0 bridgehead atoms. The summed E-state index contributed by atoms with van der Waals surface area (Å²) in [6.07, 6.45) is 0.0891. The van der Waals surface area contributed by atoms with Gasteiger partial charge < -0.3 is 4.74 Å². The Labute approximate surface area is 83.0 Å². The van der Waals surface area contributed by atoms with Crippen molar-refractivity contribution < 1.29 is 9.53 Å². The maximum absolute atomic E-state index is 11.2. The average Bonchev–Trinajstić information content (AvgIpc) is 2.16. The van der Waals surface area contributed by atoms with Gasteiger partial charge in [0.05, 0.1) is 6.10 Å². The van der Waals surface area contributed by atoms with Gasteiger partial charge in [0.15, 0.2) is 0 Å². The third-order valence-electron chi connectivity index (χ3n) is 1.60. The third kappa shape index (κ3) is 2.74. The van der Waals surface area contributed by atoms with E-state index in [0.717, 1.165) is 0 Å². The van der Waals surface area contributed by atoms with Crippen LogP contribution in [0.5, 0.6) is 5.75 Å². The summed E-state index contributed by atoms with van der Waals surface area (Å²) in [5, 5.41) is 0. The molecule has 4 nitrogen and oxygen atoms in total. The second-order valence-electron chi connectivity index (χ2n) is 3.17. The van der Waals surface area contributed by atoms with Crippen molar-refractivity contribution in [2.24, 2.45) is 5.84 Å². The van der Waals surface area contributed by atoms with E-state index in [1.807, 2.05) is 13.8 Å². The van der Waals surface area contributed by atoms with Crippen LogP contribution in [0.15, 0.2) is 24.3 Å². The first kappa shape index (κ1) is 10.5. The molecule has 0 fully saturated rings. The number of carbonyl (C=O) groups is 1. The second-order valence-corrected chi connectivity index (χ2v) is 3.17. The molecule has 0 spiro atoms. The predicted octanol–water partition coefficient (Wildman–Crippen LogP) is 1.08. The Morgan fingerprint density at radius 1 is 1.50 bits per heavy atom. The normalized spacial score (nSPS) is 10.0. The highest BCUT2D eigenvalue weighted by Crippen LogP contribution is 2.14. The molecule has 0 unspecified atom stereocenters. The Hall–Kier alpha value is -1.55. The molecular weight excluding hydrogens is 180 g/mol. The molecule has 0 aliphatic heterocycles. The highest BCUT2D eigenvalue weighted by molar-refractivity contribution is 5.94. The van der Waals surface area contributed by atoms with Crippen LogP contribution in [0.3, 0.4) is 0 Å². The highest BCUT2D eigenvalue weighted by atomic mass is 16.5. The maximum Gasteiger partial charge on any atom is 0.265 e. The van der Waals surface area contributed by atoms with Crippen LogP contribution in [0.25, 0.3) is 0 Å². The molecule has 14 heavy (non-hydrogen) atoms. The van der Waals surface area contributed by atoms with Crippen molar-refractivity contribution in [1.29, 1.82) is 0 Å². The van der Waals surface area contributed by atoms with Crippen LogP contribution < -0.4 is 16.0 Å². The average molecular weight is 194 g/mol. The minimum Gasteiger partial charge on any atom is -0.491 e. The number of ether oxygens (including phenoxy) is 1. The van der Waals surface area contributed by atoms with Crippen LogP contribution >= 0.6 is 0 Å². The lowest BCUT2D eigenvalue weighted by atomic mass is 10.2. The number of nitrogens with one attached hydrogen (secondary N) is 1. The fourth-order valence-corrected chi connectivity index (χ4v) is 1.07. The summed E-state index contributed by atoms with van der Waals surface area (Å²) < 4.78 is 5.43.